The van der Waals surface area contributed by atoms with Gasteiger partial charge in [-0.05, 0) is 76.7 Å². The number of rotatable bonds is 9. The fourth-order valence-corrected chi connectivity index (χ4v) is 11.5. The maximum atomic E-state index is 16.8. The number of benzene rings is 5. The quantitative estimate of drug-likeness (QED) is 0.128. The first-order chi connectivity index (χ1) is 36.5. The molecule has 1 spiro atoms. The van der Waals surface area contributed by atoms with Gasteiger partial charge in [0.25, 0.3) is 0 Å². The number of hydrogen-bond donors (Lipinski definition) is 2. The summed E-state index contributed by atoms with van der Waals surface area (Å²) in [6.07, 6.45) is 2.34. The molecule has 18 heteroatoms. The Balaban J connectivity index is 1.15. The smallest absolute Gasteiger partial charge is 0.329 e. The molecular weight excluding hydrogens is 953 g/mol. The molecule has 4 aliphatic rings. The van der Waals surface area contributed by atoms with Crippen molar-refractivity contribution in [2.24, 2.45) is 11.8 Å². The predicted octanol–water partition coefficient (Wildman–Crippen LogP) is 5.90. The van der Waals surface area contributed by atoms with Gasteiger partial charge in [0, 0.05) is 44.1 Å². The lowest BCUT2D eigenvalue weighted by Crippen LogP contribution is -2.60. The number of phenols is 1. The number of piperazine rings is 1. The van der Waals surface area contributed by atoms with Crippen LogP contribution < -0.4 is 15.1 Å². The number of amides is 4. The molecule has 378 valence electrons. The highest BCUT2D eigenvalue weighted by molar-refractivity contribution is 6.25. The Morgan fingerprint density at radius 2 is 1.49 bits per heavy atom. The fourth-order valence-electron chi connectivity index (χ4n) is 11.5. The molecule has 4 aliphatic heterocycles. The van der Waals surface area contributed by atoms with E-state index in [2.05, 4.69) is 37.4 Å². The van der Waals surface area contributed by atoms with Crippen LogP contribution in [-0.2, 0) is 40.6 Å². The number of carbonyl (C=O) groups is 5. The second kappa shape index (κ2) is 19.8. The van der Waals surface area contributed by atoms with Crippen LogP contribution in [0.2, 0.25) is 0 Å². The Morgan fingerprint density at radius 1 is 0.813 bits per heavy atom. The maximum Gasteiger partial charge on any atom is 0.329 e. The van der Waals surface area contributed by atoms with E-state index in [1.54, 1.807) is 72.2 Å². The molecule has 0 aliphatic carbocycles. The van der Waals surface area contributed by atoms with Gasteiger partial charge in [-0.15, -0.1) is 5.10 Å². The van der Waals surface area contributed by atoms with Gasteiger partial charge in [-0.1, -0.05) is 116 Å². The molecule has 11 rings (SSSR count). The van der Waals surface area contributed by atoms with Crippen molar-refractivity contribution in [1.29, 1.82) is 0 Å². The number of methoxy groups -OCH3 is 1. The van der Waals surface area contributed by atoms with Crippen LogP contribution in [0.25, 0.3) is 11.0 Å². The molecule has 3 saturated heterocycles. The van der Waals surface area contributed by atoms with Gasteiger partial charge in [-0.2, -0.15) is 0 Å². The molecule has 18 nitrogen and oxygen atoms in total. The summed E-state index contributed by atoms with van der Waals surface area (Å²) in [5.41, 5.74) is 2.04. The number of urea groups is 1. The number of carbonyl (C=O) groups excluding carboxylic acids is 5. The molecule has 2 N–H and O–H groups in total. The number of fused-ring (bicyclic) bond motifs is 4. The van der Waals surface area contributed by atoms with Crippen molar-refractivity contribution in [2.75, 3.05) is 43.1 Å². The number of imide groups is 1. The molecule has 0 radical (unpaired) electrons. The minimum Gasteiger partial charge on any atom is -0.508 e. The lowest BCUT2D eigenvalue weighted by Gasteiger charge is -2.46. The molecule has 2 aromatic heterocycles. The SMILES string of the molecule is COC(=O)[C@@H](NC(=O)N1C(=O)[C@@]2(c3cc(C#CCn4nnc5ccccc54)ccc31)[C@H](C(=O)N1CCN(c3ncccn3)CC1)[C@H]1C(=O)O[C@H](c3ccccc3)[C@H](c3ccccc3)N1[C@@H]2c1ccc(O)cc1)C(C)C. The summed E-state index contributed by atoms with van der Waals surface area (Å²) in [6.45, 7) is 4.65. The first-order valence-corrected chi connectivity index (χ1v) is 24.8. The number of nitrogens with zero attached hydrogens (tertiary/aromatic N) is 9. The van der Waals surface area contributed by atoms with Crippen molar-refractivity contribution in [3.8, 4) is 17.6 Å². The minimum atomic E-state index is -2.11. The average Bonchev–Trinajstić information content (AvgIpc) is 4.30. The molecule has 0 bridgehead atoms. The van der Waals surface area contributed by atoms with E-state index in [4.69, 9.17) is 9.47 Å². The number of morpholine rings is 1. The summed E-state index contributed by atoms with van der Waals surface area (Å²) in [6, 6.07) is 33.8. The molecule has 0 unspecified atom stereocenters. The van der Waals surface area contributed by atoms with Gasteiger partial charge in [0.1, 0.15) is 41.4 Å². The third-order valence-corrected chi connectivity index (χ3v) is 14.8. The van der Waals surface area contributed by atoms with E-state index in [9.17, 15) is 9.90 Å². The summed E-state index contributed by atoms with van der Waals surface area (Å²) >= 11 is 0. The lowest BCUT2D eigenvalue weighted by molar-refractivity contribution is -0.179. The number of para-hydroxylation sites is 1. The number of esters is 2. The lowest BCUT2D eigenvalue weighted by atomic mass is 9.64. The van der Waals surface area contributed by atoms with Crippen molar-refractivity contribution in [3.63, 3.8) is 0 Å². The van der Waals surface area contributed by atoms with Crippen LogP contribution in [0.3, 0.4) is 0 Å². The summed E-state index contributed by atoms with van der Waals surface area (Å²) in [5, 5.41) is 22.2. The summed E-state index contributed by atoms with van der Waals surface area (Å²) in [7, 11) is 1.22. The third-order valence-electron chi connectivity index (χ3n) is 14.8. The molecule has 6 heterocycles. The van der Waals surface area contributed by atoms with Gasteiger partial charge in [0.15, 0.2) is 0 Å². The van der Waals surface area contributed by atoms with E-state index in [1.807, 2.05) is 94.7 Å². The van der Waals surface area contributed by atoms with Crippen molar-refractivity contribution in [3.05, 3.63) is 174 Å². The zero-order valence-corrected chi connectivity index (χ0v) is 41.3. The average molecular weight is 1010 g/mol. The number of aromatic hydroxyl groups is 1. The van der Waals surface area contributed by atoms with E-state index in [-0.39, 0.29) is 36.6 Å². The minimum absolute atomic E-state index is 0.0607. The third kappa shape index (κ3) is 8.34. The molecule has 7 atom stereocenters. The maximum absolute atomic E-state index is 16.8. The monoisotopic (exact) mass is 1000 g/mol. The number of hydrogen-bond acceptors (Lipinski definition) is 14. The number of aromatic nitrogens is 5. The molecular formula is C57H52N10O8. The number of anilines is 2. The Morgan fingerprint density at radius 3 is 2.19 bits per heavy atom. The Labute approximate surface area is 431 Å². The van der Waals surface area contributed by atoms with Crippen molar-refractivity contribution in [2.45, 2.75) is 56.1 Å². The van der Waals surface area contributed by atoms with E-state index < -0.39 is 77.3 Å². The molecule has 3 fully saturated rings. The van der Waals surface area contributed by atoms with Gasteiger partial charge in [0.2, 0.25) is 17.8 Å². The number of nitrogens with one attached hydrogen (secondary N) is 1. The van der Waals surface area contributed by atoms with Gasteiger partial charge in [-0.25, -0.2) is 29.1 Å². The van der Waals surface area contributed by atoms with E-state index >= 15 is 19.2 Å². The topological polar surface area (TPSA) is 206 Å². The van der Waals surface area contributed by atoms with E-state index in [0.717, 1.165) is 16.0 Å². The highest BCUT2D eigenvalue weighted by Gasteiger charge is 2.76. The zero-order valence-electron chi connectivity index (χ0n) is 41.3. The normalized spacial score (nSPS) is 22.6. The fraction of sp³-hybridized carbons (Fsp3) is 0.281. The van der Waals surface area contributed by atoms with Crippen molar-refractivity contribution >= 4 is 52.5 Å². The van der Waals surface area contributed by atoms with Gasteiger partial charge in [0.05, 0.1) is 36.3 Å². The molecule has 7 aromatic rings. The van der Waals surface area contributed by atoms with Crippen LogP contribution in [0.15, 0.2) is 146 Å². The second-order valence-electron chi connectivity index (χ2n) is 19.3. The largest absolute Gasteiger partial charge is 0.508 e. The van der Waals surface area contributed by atoms with Crippen LogP contribution >= 0.6 is 0 Å². The van der Waals surface area contributed by atoms with Gasteiger partial charge < -0.3 is 29.7 Å². The van der Waals surface area contributed by atoms with Gasteiger partial charge >= 0.3 is 18.0 Å². The van der Waals surface area contributed by atoms with Crippen molar-refractivity contribution in [1.82, 2.24) is 40.1 Å². The van der Waals surface area contributed by atoms with Crippen LogP contribution in [0.5, 0.6) is 5.75 Å². The number of ether oxygens (including phenoxy) is 2. The van der Waals surface area contributed by atoms with E-state index in [1.165, 1.54) is 19.2 Å². The highest BCUT2D eigenvalue weighted by atomic mass is 16.6. The standard InChI is InChI=1S/C57H52N10O8/c1-35(2)46(52(70)74-3)60-56(73)66-43-26-21-36(14-12-29-65-44-20-11-10-19-42(44)61-62-65)34-41(43)57(54(66)72)45(51(69)63-30-32-64(33-31-63)55-58-27-13-28-59-55)48-53(71)75-49(38-17-8-5-9-18-38)47(37-15-6-4-7-16-37)67(48)50(57)39-22-24-40(68)25-23-39/h4-11,13,15-28,34-35,45-50,68H,29-33H2,1-3H3,(H,60,73)/t45-,46-,47-,48-,49+,50+,57-/m0/s1. The Hall–Kier alpha value is -8.95. The Kier molecular flexibility index (Phi) is 12.8. The van der Waals surface area contributed by atoms with Crippen LogP contribution in [0.4, 0.5) is 16.4 Å². The zero-order chi connectivity index (χ0) is 52.0. The number of phenolic OH excluding ortho intramolecular Hbond substituents is 1. The second-order valence-corrected chi connectivity index (χ2v) is 19.3. The number of cyclic esters (lactones) is 1. The van der Waals surface area contributed by atoms with E-state index in [0.29, 0.717) is 41.2 Å². The molecule has 0 saturated carbocycles. The molecule has 5 aromatic carbocycles. The van der Waals surface area contributed by atoms with Gasteiger partial charge in [-0.3, -0.25) is 19.3 Å². The summed E-state index contributed by atoms with van der Waals surface area (Å²) in [5.74, 6) is 2.07. The first kappa shape index (κ1) is 48.3. The predicted molar refractivity (Wildman–Crippen MR) is 274 cm³/mol. The summed E-state index contributed by atoms with van der Waals surface area (Å²) in [4.78, 5) is 92.8. The van der Waals surface area contributed by atoms with Crippen LogP contribution in [0, 0.1) is 23.7 Å². The van der Waals surface area contributed by atoms with Crippen molar-refractivity contribution < 1.29 is 38.6 Å². The highest BCUT2D eigenvalue weighted by Crippen LogP contribution is 2.66. The van der Waals surface area contributed by atoms with Crippen LogP contribution in [-0.4, -0.2) is 115 Å². The Bertz CT molecular complexity index is 3380. The molecule has 4 amide bonds. The molecule has 75 heavy (non-hydrogen) atoms. The van der Waals surface area contributed by atoms with Crippen LogP contribution in [0.1, 0.15) is 59.9 Å². The summed E-state index contributed by atoms with van der Waals surface area (Å²) < 4.78 is 13.4. The first-order valence-electron chi connectivity index (χ1n) is 24.8.